The number of benzene rings is 3. The molecule has 2 heterocycles. The SMILES string of the molecule is Cc1ccc(N2C(=O)C3C(c4ccccc4C)OC4(C(=O)c5ccccc5C4=O)C3C2=O)c(Br)c1. The average molecular weight is 530 g/mol. The molecule has 2 aliphatic heterocycles. The summed E-state index contributed by atoms with van der Waals surface area (Å²) in [6, 6.07) is 19.2. The van der Waals surface area contributed by atoms with Gasteiger partial charge in [0.1, 0.15) is 0 Å². The molecule has 6 rings (SSSR count). The van der Waals surface area contributed by atoms with Crippen molar-refractivity contribution in [2.24, 2.45) is 11.8 Å². The first-order valence-electron chi connectivity index (χ1n) is 11.3. The van der Waals surface area contributed by atoms with Crippen LogP contribution in [0.3, 0.4) is 0 Å². The lowest BCUT2D eigenvalue weighted by molar-refractivity contribution is -0.127. The van der Waals surface area contributed by atoms with Gasteiger partial charge in [-0.15, -0.1) is 0 Å². The normalized spacial score (nSPS) is 24.4. The highest BCUT2D eigenvalue weighted by molar-refractivity contribution is 9.10. The van der Waals surface area contributed by atoms with Gasteiger partial charge in [0.15, 0.2) is 0 Å². The zero-order valence-corrected chi connectivity index (χ0v) is 20.5. The van der Waals surface area contributed by atoms with Gasteiger partial charge >= 0.3 is 0 Å². The third-order valence-electron chi connectivity index (χ3n) is 7.36. The summed E-state index contributed by atoms with van der Waals surface area (Å²) < 4.78 is 6.92. The molecule has 174 valence electrons. The van der Waals surface area contributed by atoms with E-state index in [0.717, 1.165) is 16.0 Å². The molecule has 3 unspecified atom stereocenters. The zero-order chi connectivity index (χ0) is 24.6. The van der Waals surface area contributed by atoms with E-state index in [1.807, 2.05) is 50.2 Å². The lowest BCUT2D eigenvalue weighted by atomic mass is 9.77. The Bertz CT molecular complexity index is 1440. The van der Waals surface area contributed by atoms with E-state index in [4.69, 9.17) is 4.74 Å². The molecule has 2 fully saturated rings. The van der Waals surface area contributed by atoms with E-state index in [0.29, 0.717) is 15.7 Å². The summed E-state index contributed by atoms with van der Waals surface area (Å²) in [6.07, 6.45) is -0.922. The van der Waals surface area contributed by atoms with Crippen molar-refractivity contribution in [3.05, 3.63) is 99.0 Å². The number of hydrogen-bond donors (Lipinski definition) is 0. The van der Waals surface area contributed by atoms with Gasteiger partial charge in [0.05, 0.1) is 23.6 Å². The summed E-state index contributed by atoms with van der Waals surface area (Å²) in [4.78, 5) is 56.7. The molecule has 0 N–H and O–H groups in total. The third-order valence-corrected chi connectivity index (χ3v) is 7.99. The van der Waals surface area contributed by atoms with Crippen LogP contribution in [0.2, 0.25) is 0 Å². The molecule has 0 aromatic heterocycles. The fourth-order valence-corrected chi connectivity index (χ4v) is 6.41. The van der Waals surface area contributed by atoms with Crippen molar-refractivity contribution >= 4 is 45.0 Å². The largest absolute Gasteiger partial charge is 0.349 e. The highest BCUT2D eigenvalue weighted by Gasteiger charge is 2.74. The molecule has 2 saturated heterocycles. The van der Waals surface area contributed by atoms with Gasteiger partial charge in [-0.2, -0.15) is 0 Å². The molecular weight excluding hydrogens is 510 g/mol. The summed E-state index contributed by atoms with van der Waals surface area (Å²) >= 11 is 3.47. The lowest BCUT2D eigenvalue weighted by Crippen LogP contribution is -2.51. The number of amides is 2. The van der Waals surface area contributed by atoms with Crippen LogP contribution in [0, 0.1) is 25.7 Å². The van der Waals surface area contributed by atoms with Crippen molar-refractivity contribution in [3.8, 4) is 0 Å². The molecule has 6 nitrogen and oxygen atoms in total. The summed E-state index contributed by atoms with van der Waals surface area (Å²) in [6.45, 7) is 3.78. The molecule has 7 heteroatoms. The topological polar surface area (TPSA) is 80.8 Å². The predicted octanol–water partition coefficient (Wildman–Crippen LogP) is 4.76. The number of Topliss-reactive ketones (excluding diaryl/α,β-unsaturated/α-hetero) is 2. The number of carbonyl (C=O) groups excluding carboxylic acids is 4. The number of nitrogens with zero attached hydrogens (tertiary/aromatic N) is 1. The number of rotatable bonds is 2. The molecule has 1 spiro atoms. The van der Waals surface area contributed by atoms with Crippen LogP contribution >= 0.6 is 15.9 Å². The first kappa shape index (κ1) is 22.1. The Hall–Kier alpha value is -3.42. The molecule has 3 aromatic carbocycles. The number of carbonyl (C=O) groups is 4. The summed E-state index contributed by atoms with van der Waals surface area (Å²) in [5.41, 5.74) is 1.23. The number of imide groups is 1. The number of halogens is 1. The first-order valence-corrected chi connectivity index (χ1v) is 12.1. The molecular formula is C28H20BrNO5. The molecule has 0 bridgehead atoms. The summed E-state index contributed by atoms with van der Waals surface area (Å²) in [7, 11) is 0. The maximum Gasteiger partial charge on any atom is 0.241 e. The van der Waals surface area contributed by atoms with Crippen LogP contribution in [0.25, 0.3) is 0 Å². The number of fused-ring (bicyclic) bond motifs is 3. The molecule has 0 radical (unpaired) electrons. The minimum absolute atomic E-state index is 0.219. The van der Waals surface area contributed by atoms with Gasteiger partial charge in [-0.1, -0.05) is 54.6 Å². The quantitative estimate of drug-likeness (QED) is 0.353. The molecule has 3 atom stereocenters. The number of hydrogen-bond acceptors (Lipinski definition) is 5. The maximum atomic E-state index is 14.0. The number of ketones is 2. The Morgan fingerprint density at radius 1 is 0.829 bits per heavy atom. The molecule has 35 heavy (non-hydrogen) atoms. The monoisotopic (exact) mass is 529 g/mol. The van der Waals surface area contributed by atoms with Crippen molar-refractivity contribution in [3.63, 3.8) is 0 Å². The van der Waals surface area contributed by atoms with Crippen molar-refractivity contribution in [1.82, 2.24) is 0 Å². The van der Waals surface area contributed by atoms with Gasteiger partial charge in [0.2, 0.25) is 29.0 Å². The highest BCUT2D eigenvalue weighted by atomic mass is 79.9. The van der Waals surface area contributed by atoms with E-state index < -0.39 is 46.9 Å². The molecule has 2 amide bonds. The fraction of sp³-hybridized carbons (Fsp3) is 0.214. The van der Waals surface area contributed by atoms with Crippen molar-refractivity contribution in [2.45, 2.75) is 25.6 Å². The lowest BCUT2D eigenvalue weighted by Gasteiger charge is -2.28. The Morgan fingerprint density at radius 3 is 2.09 bits per heavy atom. The number of anilines is 1. The Balaban J connectivity index is 1.57. The van der Waals surface area contributed by atoms with Gasteiger partial charge in [-0.25, -0.2) is 4.90 Å². The average Bonchev–Trinajstić information content (AvgIpc) is 3.40. The first-order chi connectivity index (χ1) is 16.8. The van der Waals surface area contributed by atoms with Crippen LogP contribution in [0.5, 0.6) is 0 Å². The second-order valence-electron chi connectivity index (χ2n) is 9.30. The Labute approximate surface area is 210 Å². The Kier molecular flexibility index (Phi) is 4.75. The van der Waals surface area contributed by atoms with E-state index in [1.54, 1.807) is 30.3 Å². The predicted molar refractivity (Wildman–Crippen MR) is 131 cm³/mol. The van der Waals surface area contributed by atoms with Crippen LogP contribution in [-0.2, 0) is 14.3 Å². The van der Waals surface area contributed by atoms with Crippen molar-refractivity contribution in [2.75, 3.05) is 4.90 Å². The fourth-order valence-electron chi connectivity index (χ4n) is 5.74. The molecule has 3 aliphatic rings. The standard InChI is InChI=1S/C28H20BrNO5/c1-14-11-12-20(19(29)13-14)30-26(33)21-22(27(30)34)28(35-23(21)16-8-4-3-7-15(16)2)24(31)17-9-5-6-10-18(17)25(28)32/h3-13,21-23H,1-2H3. The van der Waals surface area contributed by atoms with Crippen molar-refractivity contribution in [1.29, 1.82) is 0 Å². The van der Waals surface area contributed by atoms with E-state index in [1.165, 1.54) is 0 Å². The van der Waals surface area contributed by atoms with Gasteiger partial charge in [-0.05, 0) is 58.6 Å². The second kappa shape index (κ2) is 7.54. The zero-order valence-electron chi connectivity index (χ0n) is 18.9. The van der Waals surface area contributed by atoms with Crippen molar-refractivity contribution < 1.29 is 23.9 Å². The number of ether oxygens (including phenoxy) is 1. The Morgan fingerprint density at radius 2 is 1.46 bits per heavy atom. The van der Waals surface area contributed by atoms with Gasteiger partial charge < -0.3 is 4.74 Å². The molecule has 1 aliphatic carbocycles. The smallest absolute Gasteiger partial charge is 0.241 e. The van der Waals surface area contributed by atoms with E-state index in [2.05, 4.69) is 15.9 Å². The van der Waals surface area contributed by atoms with E-state index in [9.17, 15) is 19.2 Å². The molecule has 0 saturated carbocycles. The van der Waals surface area contributed by atoms with Crippen LogP contribution in [0.4, 0.5) is 5.69 Å². The van der Waals surface area contributed by atoms with Crippen LogP contribution in [0.1, 0.15) is 43.5 Å². The minimum atomic E-state index is -2.07. The second-order valence-corrected chi connectivity index (χ2v) is 10.2. The van der Waals surface area contributed by atoms with Gasteiger partial charge in [0.25, 0.3) is 0 Å². The van der Waals surface area contributed by atoms with Crippen LogP contribution < -0.4 is 4.90 Å². The van der Waals surface area contributed by atoms with Crippen LogP contribution in [0.15, 0.2) is 71.2 Å². The maximum absolute atomic E-state index is 14.0. The van der Waals surface area contributed by atoms with Crippen LogP contribution in [-0.4, -0.2) is 29.0 Å². The van der Waals surface area contributed by atoms with E-state index >= 15 is 0 Å². The minimum Gasteiger partial charge on any atom is -0.349 e. The van der Waals surface area contributed by atoms with Gasteiger partial charge in [0, 0.05) is 15.6 Å². The summed E-state index contributed by atoms with van der Waals surface area (Å²) in [5.74, 6) is -4.48. The summed E-state index contributed by atoms with van der Waals surface area (Å²) in [5, 5.41) is 0. The highest BCUT2D eigenvalue weighted by Crippen LogP contribution is 2.58. The third kappa shape index (κ3) is 2.79. The molecule has 3 aromatic rings. The number of aryl methyl sites for hydroxylation is 2. The van der Waals surface area contributed by atoms with E-state index in [-0.39, 0.29) is 11.1 Å². The van der Waals surface area contributed by atoms with Gasteiger partial charge in [-0.3, -0.25) is 19.2 Å².